The lowest BCUT2D eigenvalue weighted by molar-refractivity contribution is 0.0951. The largest absolute Gasteiger partial charge is 0.493 e. The minimum atomic E-state index is -0.102. The monoisotopic (exact) mass is 328 g/mol. The molecule has 0 aliphatic rings. The summed E-state index contributed by atoms with van der Waals surface area (Å²) in [6, 6.07) is 11.3. The van der Waals surface area contributed by atoms with E-state index in [1.807, 2.05) is 62.3 Å². The molecule has 0 fully saturated rings. The summed E-state index contributed by atoms with van der Waals surface area (Å²) in [7, 11) is 7.14. The third-order valence-corrected chi connectivity index (χ3v) is 3.93. The summed E-state index contributed by atoms with van der Waals surface area (Å²) < 4.78 is 10.6. The van der Waals surface area contributed by atoms with Gasteiger partial charge in [-0.05, 0) is 54.4 Å². The van der Waals surface area contributed by atoms with Gasteiger partial charge in [-0.1, -0.05) is 0 Å². The molecule has 2 aromatic carbocycles. The molecule has 0 aliphatic carbocycles. The van der Waals surface area contributed by atoms with E-state index in [2.05, 4.69) is 5.32 Å². The number of nitrogens with one attached hydrogen (secondary N) is 1. The molecule has 5 nitrogen and oxygen atoms in total. The average molecular weight is 328 g/mol. The Hall–Kier alpha value is -2.69. The number of aryl methyl sites for hydroxylation is 1. The lowest BCUT2D eigenvalue weighted by atomic mass is 10.1. The van der Waals surface area contributed by atoms with Crippen LogP contribution in [0.2, 0.25) is 0 Å². The topological polar surface area (TPSA) is 50.8 Å². The molecular formula is C19H24N2O3. The molecule has 0 aromatic heterocycles. The molecule has 0 unspecified atom stereocenters. The van der Waals surface area contributed by atoms with E-state index in [1.165, 1.54) is 0 Å². The van der Waals surface area contributed by atoms with Gasteiger partial charge in [-0.15, -0.1) is 0 Å². The van der Waals surface area contributed by atoms with E-state index >= 15 is 0 Å². The van der Waals surface area contributed by atoms with E-state index in [0.717, 1.165) is 16.8 Å². The normalized spacial score (nSPS) is 10.2. The van der Waals surface area contributed by atoms with Gasteiger partial charge in [0.1, 0.15) is 0 Å². The van der Waals surface area contributed by atoms with E-state index in [-0.39, 0.29) is 5.91 Å². The Morgan fingerprint density at radius 2 is 1.62 bits per heavy atom. The molecule has 0 spiro atoms. The van der Waals surface area contributed by atoms with Crippen molar-refractivity contribution in [1.82, 2.24) is 5.32 Å². The molecule has 1 amide bonds. The first kappa shape index (κ1) is 17.7. The number of hydrogen-bond acceptors (Lipinski definition) is 4. The number of carbonyl (C=O) groups is 1. The highest BCUT2D eigenvalue weighted by Gasteiger charge is 2.11. The number of nitrogens with zero attached hydrogens (tertiary/aromatic N) is 1. The molecule has 2 rings (SSSR count). The van der Waals surface area contributed by atoms with E-state index in [0.29, 0.717) is 23.6 Å². The molecule has 0 radical (unpaired) electrons. The third-order valence-electron chi connectivity index (χ3n) is 3.93. The fourth-order valence-electron chi connectivity index (χ4n) is 2.40. The first-order valence-corrected chi connectivity index (χ1v) is 7.73. The molecule has 24 heavy (non-hydrogen) atoms. The van der Waals surface area contributed by atoms with Crippen LogP contribution in [0.1, 0.15) is 21.5 Å². The molecule has 0 saturated carbocycles. The zero-order valence-corrected chi connectivity index (χ0v) is 14.8. The van der Waals surface area contributed by atoms with Gasteiger partial charge in [-0.25, -0.2) is 0 Å². The zero-order valence-electron chi connectivity index (χ0n) is 14.8. The molecule has 0 aliphatic heterocycles. The van der Waals surface area contributed by atoms with Crippen molar-refractivity contribution in [3.8, 4) is 11.5 Å². The smallest absolute Gasteiger partial charge is 0.251 e. The predicted molar refractivity (Wildman–Crippen MR) is 96.2 cm³/mol. The zero-order chi connectivity index (χ0) is 17.7. The van der Waals surface area contributed by atoms with Crippen molar-refractivity contribution in [2.75, 3.05) is 33.2 Å². The molecule has 0 bridgehead atoms. The number of hydrogen-bond donors (Lipinski definition) is 1. The Morgan fingerprint density at radius 1 is 1.04 bits per heavy atom. The molecule has 2 aromatic rings. The van der Waals surface area contributed by atoms with Crippen molar-refractivity contribution < 1.29 is 14.3 Å². The Bertz CT molecular complexity index is 709. The Balaban J connectivity index is 2.08. The maximum atomic E-state index is 12.3. The second-order valence-corrected chi connectivity index (χ2v) is 5.76. The van der Waals surface area contributed by atoms with Crippen LogP contribution in [-0.2, 0) is 6.54 Å². The van der Waals surface area contributed by atoms with Gasteiger partial charge in [0, 0.05) is 31.9 Å². The minimum absolute atomic E-state index is 0.102. The standard InChI is InChI=1S/C19H24N2O3/c1-13-10-17(23-4)18(24-5)11-15(13)12-20-19(22)14-6-8-16(9-7-14)21(2)3/h6-11H,12H2,1-5H3,(H,20,22). The summed E-state index contributed by atoms with van der Waals surface area (Å²) in [5.74, 6) is 1.24. The van der Waals surface area contributed by atoms with Gasteiger partial charge in [-0.2, -0.15) is 0 Å². The van der Waals surface area contributed by atoms with E-state index < -0.39 is 0 Å². The number of ether oxygens (including phenoxy) is 2. The van der Waals surface area contributed by atoms with Gasteiger partial charge < -0.3 is 19.7 Å². The van der Waals surface area contributed by atoms with Crippen molar-refractivity contribution in [3.05, 3.63) is 53.1 Å². The van der Waals surface area contributed by atoms with Crippen LogP contribution in [0.5, 0.6) is 11.5 Å². The van der Waals surface area contributed by atoms with Crippen LogP contribution in [0, 0.1) is 6.92 Å². The predicted octanol–water partition coefficient (Wildman–Crippen LogP) is 3.01. The number of benzene rings is 2. The Kier molecular flexibility index (Phi) is 5.68. The summed E-state index contributed by atoms with van der Waals surface area (Å²) in [5.41, 5.74) is 3.72. The quantitative estimate of drug-likeness (QED) is 0.886. The minimum Gasteiger partial charge on any atom is -0.493 e. The van der Waals surface area contributed by atoms with Gasteiger partial charge in [-0.3, -0.25) is 4.79 Å². The maximum Gasteiger partial charge on any atom is 0.251 e. The number of methoxy groups -OCH3 is 2. The van der Waals surface area contributed by atoms with E-state index in [1.54, 1.807) is 14.2 Å². The Morgan fingerprint density at radius 3 is 2.17 bits per heavy atom. The van der Waals surface area contributed by atoms with Crippen LogP contribution in [0.25, 0.3) is 0 Å². The molecule has 0 saturated heterocycles. The second-order valence-electron chi connectivity index (χ2n) is 5.76. The molecule has 5 heteroatoms. The second kappa shape index (κ2) is 7.73. The lowest BCUT2D eigenvalue weighted by Gasteiger charge is -2.14. The number of amides is 1. The summed E-state index contributed by atoms with van der Waals surface area (Å²) in [5, 5.41) is 2.94. The summed E-state index contributed by atoms with van der Waals surface area (Å²) >= 11 is 0. The van der Waals surface area contributed by atoms with Crippen LogP contribution in [0.15, 0.2) is 36.4 Å². The molecule has 0 heterocycles. The van der Waals surface area contributed by atoms with Crippen LogP contribution in [-0.4, -0.2) is 34.2 Å². The number of carbonyl (C=O) groups excluding carboxylic acids is 1. The van der Waals surface area contributed by atoms with Gasteiger partial charge >= 0.3 is 0 Å². The van der Waals surface area contributed by atoms with Gasteiger partial charge in [0.05, 0.1) is 14.2 Å². The third kappa shape index (κ3) is 3.98. The van der Waals surface area contributed by atoms with Gasteiger partial charge in [0.2, 0.25) is 0 Å². The van der Waals surface area contributed by atoms with Crippen molar-refractivity contribution >= 4 is 11.6 Å². The van der Waals surface area contributed by atoms with Crippen LogP contribution >= 0.6 is 0 Å². The summed E-state index contributed by atoms with van der Waals surface area (Å²) in [6.07, 6.45) is 0. The van der Waals surface area contributed by atoms with Crippen LogP contribution < -0.4 is 19.7 Å². The highest BCUT2D eigenvalue weighted by atomic mass is 16.5. The van der Waals surface area contributed by atoms with Gasteiger partial charge in [0.15, 0.2) is 11.5 Å². The van der Waals surface area contributed by atoms with Crippen molar-refractivity contribution in [1.29, 1.82) is 0 Å². The summed E-state index contributed by atoms with van der Waals surface area (Å²) in [4.78, 5) is 14.3. The molecule has 128 valence electrons. The lowest BCUT2D eigenvalue weighted by Crippen LogP contribution is -2.23. The number of anilines is 1. The van der Waals surface area contributed by atoms with Crippen LogP contribution in [0.3, 0.4) is 0 Å². The first-order valence-electron chi connectivity index (χ1n) is 7.73. The number of rotatable bonds is 6. The fraction of sp³-hybridized carbons (Fsp3) is 0.316. The van der Waals surface area contributed by atoms with E-state index in [4.69, 9.17) is 9.47 Å². The SMILES string of the molecule is COc1cc(C)c(CNC(=O)c2ccc(N(C)C)cc2)cc1OC. The molecular weight excluding hydrogens is 304 g/mol. The van der Waals surface area contributed by atoms with Crippen molar-refractivity contribution in [2.45, 2.75) is 13.5 Å². The van der Waals surface area contributed by atoms with Crippen LogP contribution in [0.4, 0.5) is 5.69 Å². The highest BCUT2D eigenvalue weighted by molar-refractivity contribution is 5.94. The Labute approximate surface area is 143 Å². The summed E-state index contributed by atoms with van der Waals surface area (Å²) in [6.45, 7) is 2.41. The van der Waals surface area contributed by atoms with E-state index in [9.17, 15) is 4.79 Å². The van der Waals surface area contributed by atoms with Crippen molar-refractivity contribution in [2.24, 2.45) is 0 Å². The fourth-order valence-corrected chi connectivity index (χ4v) is 2.40. The van der Waals surface area contributed by atoms with Gasteiger partial charge in [0.25, 0.3) is 5.91 Å². The molecule has 0 atom stereocenters. The average Bonchev–Trinajstić information content (AvgIpc) is 2.60. The highest BCUT2D eigenvalue weighted by Crippen LogP contribution is 2.30. The maximum absolute atomic E-state index is 12.3. The first-order chi connectivity index (χ1) is 11.5. The molecule has 1 N–H and O–H groups in total. The van der Waals surface area contributed by atoms with Crippen molar-refractivity contribution in [3.63, 3.8) is 0 Å².